The van der Waals surface area contributed by atoms with Crippen LogP contribution in [0.4, 0.5) is 5.69 Å². The van der Waals surface area contributed by atoms with E-state index in [4.69, 9.17) is 0 Å². The number of anilines is 1. The summed E-state index contributed by atoms with van der Waals surface area (Å²) in [6, 6.07) is 14.6. The topological polar surface area (TPSA) is 37.3 Å². The molecule has 28 heavy (non-hydrogen) atoms. The van der Waals surface area contributed by atoms with Crippen LogP contribution >= 0.6 is 23.1 Å². The fourth-order valence-electron chi connectivity index (χ4n) is 4.08. The Morgan fingerprint density at radius 3 is 2.75 bits per heavy atom. The summed E-state index contributed by atoms with van der Waals surface area (Å²) in [5.41, 5.74) is 3.36. The summed E-state index contributed by atoms with van der Waals surface area (Å²) in [7, 11) is 0. The Bertz CT molecular complexity index is 965. The number of benzene rings is 1. The molecule has 5 rings (SSSR count). The van der Waals surface area contributed by atoms with E-state index in [2.05, 4.69) is 22.0 Å². The van der Waals surface area contributed by atoms with Gasteiger partial charge in [0, 0.05) is 47.8 Å². The van der Waals surface area contributed by atoms with E-state index in [-0.39, 0.29) is 5.91 Å². The summed E-state index contributed by atoms with van der Waals surface area (Å²) >= 11 is 3.76. The lowest BCUT2D eigenvalue weighted by atomic mass is 10.1. The Balaban J connectivity index is 1.40. The highest BCUT2D eigenvalue weighted by atomic mass is 32.2. The van der Waals surface area contributed by atoms with E-state index in [9.17, 15) is 4.79 Å². The lowest BCUT2D eigenvalue weighted by Crippen LogP contribution is -2.32. The number of rotatable bonds is 4. The molecule has 4 heterocycles. The third-order valence-electron chi connectivity index (χ3n) is 5.47. The van der Waals surface area contributed by atoms with Gasteiger partial charge in [0.05, 0.1) is 5.56 Å². The molecule has 4 nitrogen and oxygen atoms in total. The van der Waals surface area contributed by atoms with E-state index in [1.807, 2.05) is 59.4 Å². The van der Waals surface area contributed by atoms with Gasteiger partial charge < -0.3 is 14.8 Å². The van der Waals surface area contributed by atoms with Crippen LogP contribution in [0.3, 0.4) is 0 Å². The first-order valence-corrected chi connectivity index (χ1v) is 11.7. The van der Waals surface area contributed by atoms with Crippen molar-refractivity contribution in [2.24, 2.45) is 0 Å². The van der Waals surface area contributed by atoms with Crippen molar-refractivity contribution in [3.63, 3.8) is 0 Å². The van der Waals surface area contributed by atoms with Gasteiger partial charge in [-0.05, 0) is 48.4 Å². The van der Waals surface area contributed by atoms with Gasteiger partial charge in [-0.2, -0.15) is 11.8 Å². The van der Waals surface area contributed by atoms with Crippen LogP contribution in [0.1, 0.15) is 27.2 Å². The first-order chi connectivity index (χ1) is 13.8. The number of thiophene rings is 1. The molecule has 0 radical (unpaired) electrons. The minimum Gasteiger partial charge on any atom is -0.380 e. The van der Waals surface area contributed by atoms with Crippen molar-refractivity contribution in [3.8, 4) is 5.00 Å². The van der Waals surface area contributed by atoms with E-state index in [0.717, 1.165) is 53.7 Å². The Morgan fingerprint density at radius 2 is 1.93 bits per heavy atom. The van der Waals surface area contributed by atoms with Crippen LogP contribution < -0.4 is 5.32 Å². The summed E-state index contributed by atoms with van der Waals surface area (Å²) in [6.07, 6.45) is 6.08. The Hall–Kier alpha value is -2.18. The molecule has 2 aliphatic rings. The van der Waals surface area contributed by atoms with E-state index in [1.165, 1.54) is 10.4 Å². The first kappa shape index (κ1) is 17.9. The van der Waals surface area contributed by atoms with Crippen LogP contribution in [0.2, 0.25) is 0 Å². The van der Waals surface area contributed by atoms with Crippen molar-refractivity contribution >= 4 is 34.7 Å². The summed E-state index contributed by atoms with van der Waals surface area (Å²) < 4.78 is 2.11. The second kappa shape index (κ2) is 7.68. The number of aromatic nitrogens is 1. The number of thioether (sulfide) groups is 1. The van der Waals surface area contributed by atoms with Gasteiger partial charge in [-0.3, -0.25) is 4.79 Å². The molecule has 0 saturated carbocycles. The van der Waals surface area contributed by atoms with Gasteiger partial charge in [0.25, 0.3) is 5.91 Å². The van der Waals surface area contributed by atoms with Crippen LogP contribution in [0.5, 0.6) is 0 Å². The van der Waals surface area contributed by atoms with E-state index in [0.29, 0.717) is 6.04 Å². The zero-order chi connectivity index (χ0) is 18.9. The number of nitrogens with zero attached hydrogens (tertiary/aromatic N) is 2. The number of amides is 1. The highest BCUT2D eigenvalue weighted by Gasteiger charge is 2.33. The van der Waals surface area contributed by atoms with Crippen LogP contribution in [-0.4, -0.2) is 40.3 Å². The zero-order valence-corrected chi connectivity index (χ0v) is 17.3. The van der Waals surface area contributed by atoms with Crippen molar-refractivity contribution in [2.75, 3.05) is 24.2 Å². The smallest absolute Gasteiger partial charge is 0.257 e. The molecule has 2 aromatic heterocycles. The van der Waals surface area contributed by atoms with Crippen LogP contribution in [0.15, 0.2) is 54.9 Å². The van der Waals surface area contributed by atoms with Crippen molar-refractivity contribution in [1.29, 1.82) is 0 Å². The standard InChI is InChI=1S/C22H23N3OS2/c26-21(25-12-8-17(14-25)23-16-6-2-1-3-7-16)20-18-9-13-27-15-19(18)28-22(20)24-10-4-5-11-24/h1-7,10-11,17,23H,8-9,12-15H2. The number of para-hydroxylation sites is 1. The Labute approximate surface area is 173 Å². The summed E-state index contributed by atoms with van der Waals surface area (Å²) in [6.45, 7) is 1.58. The average molecular weight is 410 g/mol. The van der Waals surface area contributed by atoms with Gasteiger partial charge in [-0.15, -0.1) is 11.3 Å². The predicted molar refractivity (Wildman–Crippen MR) is 118 cm³/mol. The SMILES string of the molecule is O=C(c1c(-n2cccc2)sc2c1CCSC2)N1CCC(Nc2ccccc2)C1. The molecule has 144 valence electrons. The van der Waals surface area contributed by atoms with Crippen molar-refractivity contribution in [3.05, 3.63) is 70.9 Å². The molecule has 0 spiro atoms. The normalized spacial score (nSPS) is 18.9. The van der Waals surface area contributed by atoms with Gasteiger partial charge in [0.2, 0.25) is 0 Å². The maximum atomic E-state index is 13.6. The third kappa shape index (κ3) is 3.35. The fraction of sp³-hybridized carbons (Fsp3) is 0.318. The average Bonchev–Trinajstić information content (AvgIpc) is 3.47. The molecule has 1 saturated heterocycles. The molecule has 2 aliphatic heterocycles. The van der Waals surface area contributed by atoms with E-state index < -0.39 is 0 Å². The number of hydrogen-bond acceptors (Lipinski definition) is 4. The molecule has 0 aliphatic carbocycles. The van der Waals surface area contributed by atoms with Crippen molar-refractivity contribution in [1.82, 2.24) is 9.47 Å². The highest BCUT2D eigenvalue weighted by molar-refractivity contribution is 7.98. The maximum absolute atomic E-state index is 13.6. The van der Waals surface area contributed by atoms with Crippen LogP contribution in [-0.2, 0) is 12.2 Å². The third-order valence-corrected chi connectivity index (χ3v) is 7.89. The van der Waals surface area contributed by atoms with Crippen LogP contribution in [0, 0.1) is 0 Å². The van der Waals surface area contributed by atoms with Gasteiger partial charge in [-0.25, -0.2) is 0 Å². The molecule has 1 amide bonds. The highest BCUT2D eigenvalue weighted by Crippen LogP contribution is 2.39. The second-order valence-electron chi connectivity index (χ2n) is 7.32. The molecule has 1 aromatic carbocycles. The molecular weight excluding hydrogens is 386 g/mol. The minimum absolute atomic E-state index is 0.200. The van der Waals surface area contributed by atoms with Gasteiger partial charge >= 0.3 is 0 Å². The fourth-order valence-corrected chi connectivity index (χ4v) is 6.52. The van der Waals surface area contributed by atoms with Gasteiger partial charge in [-0.1, -0.05) is 18.2 Å². The number of nitrogens with one attached hydrogen (secondary N) is 1. The number of carbonyl (C=O) groups is 1. The molecule has 1 atom stereocenters. The predicted octanol–water partition coefficient (Wildman–Crippen LogP) is 4.65. The second-order valence-corrected chi connectivity index (χ2v) is 9.51. The lowest BCUT2D eigenvalue weighted by Gasteiger charge is -2.20. The Morgan fingerprint density at radius 1 is 1.11 bits per heavy atom. The Kier molecular flexibility index (Phi) is 4.91. The van der Waals surface area contributed by atoms with Gasteiger partial charge in [0.1, 0.15) is 5.00 Å². The molecule has 6 heteroatoms. The number of likely N-dealkylation sites (tertiary alicyclic amines) is 1. The first-order valence-electron chi connectivity index (χ1n) is 9.76. The molecule has 1 unspecified atom stereocenters. The number of hydrogen-bond donors (Lipinski definition) is 1. The number of carbonyl (C=O) groups excluding carboxylic acids is 1. The van der Waals surface area contributed by atoms with E-state index in [1.54, 1.807) is 11.3 Å². The van der Waals surface area contributed by atoms with Crippen LogP contribution in [0.25, 0.3) is 5.00 Å². The quantitative estimate of drug-likeness (QED) is 0.681. The summed E-state index contributed by atoms with van der Waals surface area (Å²) in [5.74, 6) is 2.33. The summed E-state index contributed by atoms with van der Waals surface area (Å²) in [4.78, 5) is 17.0. The van der Waals surface area contributed by atoms with Crippen molar-refractivity contribution in [2.45, 2.75) is 24.6 Å². The minimum atomic E-state index is 0.200. The zero-order valence-electron chi connectivity index (χ0n) is 15.6. The lowest BCUT2D eigenvalue weighted by molar-refractivity contribution is 0.0791. The van der Waals surface area contributed by atoms with Crippen molar-refractivity contribution < 1.29 is 4.79 Å². The molecule has 1 N–H and O–H groups in total. The maximum Gasteiger partial charge on any atom is 0.257 e. The summed E-state index contributed by atoms with van der Waals surface area (Å²) in [5, 5.41) is 4.66. The van der Waals surface area contributed by atoms with Gasteiger partial charge in [0.15, 0.2) is 0 Å². The largest absolute Gasteiger partial charge is 0.380 e. The molecule has 1 fully saturated rings. The molecule has 3 aromatic rings. The number of fused-ring (bicyclic) bond motifs is 1. The monoisotopic (exact) mass is 409 g/mol. The molecule has 0 bridgehead atoms. The molecular formula is C22H23N3OS2. The van der Waals surface area contributed by atoms with E-state index >= 15 is 0 Å².